The van der Waals surface area contributed by atoms with Gasteiger partial charge in [-0.2, -0.15) is 0 Å². The first-order chi connectivity index (χ1) is 12.1. The lowest BCUT2D eigenvalue weighted by Gasteiger charge is -2.29. The van der Waals surface area contributed by atoms with Crippen molar-refractivity contribution in [3.63, 3.8) is 0 Å². The van der Waals surface area contributed by atoms with Crippen LogP contribution in [0.5, 0.6) is 0 Å². The minimum Gasteiger partial charge on any atom is -0.449 e. The highest BCUT2D eigenvalue weighted by Crippen LogP contribution is 2.20. The number of sulfone groups is 1. The van der Waals surface area contributed by atoms with E-state index in [1.165, 1.54) is 30.0 Å². The molecule has 0 radical (unpaired) electrons. The molecule has 1 aromatic carbocycles. The minimum atomic E-state index is -3.15. The maximum atomic E-state index is 12.6. The van der Waals surface area contributed by atoms with Gasteiger partial charge in [0.25, 0.3) is 11.6 Å². The Balaban J connectivity index is 2.06. The van der Waals surface area contributed by atoms with Gasteiger partial charge in [-0.25, -0.2) is 13.2 Å². The Morgan fingerprint density at radius 3 is 2.65 bits per heavy atom. The van der Waals surface area contributed by atoms with E-state index in [4.69, 9.17) is 4.74 Å². The fourth-order valence-corrected chi connectivity index (χ4v) is 4.60. The number of rotatable bonds is 6. The number of esters is 1. The van der Waals surface area contributed by atoms with Crippen LogP contribution in [0.3, 0.4) is 0 Å². The van der Waals surface area contributed by atoms with Crippen molar-refractivity contribution in [3.05, 3.63) is 39.9 Å². The van der Waals surface area contributed by atoms with E-state index >= 15 is 0 Å². The van der Waals surface area contributed by atoms with Crippen LogP contribution in [-0.4, -0.2) is 60.3 Å². The highest BCUT2D eigenvalue weighted by atomic mass is 32.2. The van der Waals surface area contributed by atoms with Gasteiger partial charge in [0.1, 0.15) is 0 Å². The van der Waals surface area contributed by atoms with Crippen LogP contribution in [-0.2, 0) is 19.4 Å². The van der Waals surface area contributed by atoms with E-state index in [1.807, 2.05) is 0 Å². The molecule has 26 heavy (non-hydrogen) atoms. The number of nitrogens with zero attached hydrogens (tertiary/aromatic N) is 2. The quantitative estimate of drug-likeness (QED) is 0.410. The third-order valence-electron chi connectivity index (χ3n) is 4.20. The van der Waals surface area contributed by atoms with Crippen molar-refractivity contribution < 1.29 is 27.7 Å². The maximum absolute atomic E-state index is 12.6. The van der Waals surface area contributed by atoms with Crippen molar-refractivity contribution in [2.24, 2.45) is 0 Å². The molecule has 0 saturated carbocycles. The molecule has 2 atom stereocenters. The second-order valence-corrected chi connectivity index (χ2v) is 8.26. The number of hydrogen-bond donors (Lipinski definition) is 0. The first kappa shape index (κ1) is 19.8. The molecule has 1 amide bonds. The predicted octanol–water partition coefficient (Wildman–Crippen LogP) is 1.18. The van der Waals surface area contributed by atoms with Crippen LogP contribution in [0, 0.1) is 10.1 Å². The summed E-state index contributed by atoms with van der Waals surface area (Å²) in [5.41, 5.74) is -0.296. The molecule has 0 spiro atoms. The Bertz CT molecular complexity index is 822. The summed E-state index contributed by atoms with van der Waals surface area (Å²) in [6, 6.07) is 4.58. The van der Waals surface area contributed by atoms with Crippen molar-refractivity contribution in [1.82, 2.24) is 4.90 Å². The Hall–Kier alpha value is -2.49. The predicted molar refractivity (Wildman–Crippen MR) is 92.4 cm³/mol. The molecule has 1 saturated heterocycles. The number of hydrogen-bond acceptors (Lipinski definition) is 7. The van der Waals surface area contributed by atoms with Gasteiger partial charge in [-0.05, 0) is 26.3 Å². The van der Waals surface area contributed by atoms with Crippen LogP contribution in [0.25, 0.3) is 0 Å². The molecule has 1 fully saturated rings. The molecular weight excluding hydrogens is 364 g/mol. The highest BCUT2D eigenvalue weighted by Gasteiger charge is 2.36. The first-order valence-electron chi connectivity index (χ1n) is 8.11. The second-order valence-electron chi connectivity index (χ2n) is 6.04. The molecule has 9 nitrogen and oxygen atoms in total. The summed E-state index contributed by atoms with van der Waals surface area (Å²) in [7, 11) is -3.15. The first-order valence-corrected chi connectivity index (χ1v) is 9.93. The largest absolute Gasteiger partial charge is 0.449 e. The third-order valence-corrected chi connectivity index (χ3v) is 5.95. The maximum Gasteiger partial charge on any atom is 0.339 e. The SMILES string of the molecule is CCN(C(=O)[C@@H](C)OC(=O)c1cccc([N+](=O)[O-])c1)[C@@H]1CCS(=O)(=O)C1. The van der Waals surface area contributed by atoms with Gasteiger partial charge in [0, 0.05) is 24.7 Å². The fourth-order valence-electron chi connectivity index (χ4n) is 2.87. The molecule has 2 rings (SSSR count). The van der Waals surface area contributed by atoms with Crippen LogP contribution in [0.1, 0.15) is 30.6 Å². The lowest BCUT2D eigenvalue weighted by molar-refractivity contribution is -0.384. The van der Waals surface area contributed by atoms with Gasteiger partial charge in [0.15, 0.2) is 15.9 Å². The summed E-state index contributed by atoms with van der Waals surface area (Å²) in [5.74, 6) is -1.42. The summed E-state index contributed by atoms with van der Waals surface area (Å²) in [6.45, 7) is 3.40. The highest BCUT2D eigenvalue weighted by molar-refractivity contribution is 7.91. The zero-order valence-corrected chi connectivity index (χ0v) is 15.3. The second kappa shape index (κ2) is 7.81. The van der Waals surface area contributed by atoms with Crippen molar-refractivity contribution in [2.45, 2.75) is 32.4 Å². The van der Waals surface area contributed by atoms with Crippen LogP contribution >= 0.6 is 0 Å². The zero-order chi connectivity index (χ0) is 19.5. The van der Waals surface area contributed by atoms with Gasteiger partial charge < -0.3 is 9.64 Å². The zero-order valence-electron chi connectivity index (χ0n) is 14.5. The average molecular weight is 384 g/mol. The van der Waals surface area contributed by atoms with E-state index in [0.717, 1.165) is 6.07 Å². The van der Waals surface area contributed by atoms with Crippen molar-refractivity contribution in [3.8, 4) is 0 Å². The van der Waals surface area contributed by atoms with E-state index in [-0.39, 0.29) is 29.3 Å². The summed E-state index contributed by atoms with van der Waals surface area (Å²) in [4.78, 5) is 36.3. The standard InChI is InChI=1S/C16H20N2O7S/c1-3-17(14-7-8-26(23,24)10-14)15(19)11(2)25-16(20)12-5-4-6-13(9-12)18(21)22/h4-6,9,11,14H,3,7-8,10H2,1-2H3/t11-,14-/m1/s1. The number of ether oxygens (including phenoxy) is 1. The fraction of sp³-hybridized carbons (Fsp3) is 0.500. The van der Waals surface area contributed by atoms with Crippen LogP contribution in [0.2, 0.25) is 0 Å². The monoisotopic (exact) mass is 384 g/mol. The van der Waals surface area contributed by atoms with E-state index in [9.17, 15) is 28.1 Å². The molecule has 1 heterocycles. The third kappa shape index (κ3) is 4.57. The number of carbonyl (C=O) groups is 2. The number of likely N-dealkylation sites (N-methyl/N-ethyl adjacent to an activating group) is 1. The van der Waals surface area contributed by atoms with E-state index in [0.29, 0.717) is 6.42 Å². The summed E-state index contributed by atoms with van der Waals surface area (Å²) < 4.78 is 28.4. The van der Waals surface area contributed by atoms with Crippen LogP contribution in [0.4, 0.5) is 5.69 Å². The molecule has 10 heteroatoms. The number of non-ortho nitro benzene ring substituents is 1. The van der Waals surface area contributed by atoms with E-state index in [2.05, 4.69) is 0 Å². The molecule has 0 unspecified atom stereocenters. The number of nitro groups is 1. The summed E-state index contributed by atoms with van der Waals surface area (Å²) >= 11 is 0. The molecular formula is C16H20N2O7S. The number of amides is 1. The minimum absolute atomic E-state index is 0.0310. The van der Waals surface area contributed by atoms with Gasteiger partial charge in [0.05, 0.1) is 22.0 Å². The average Bonchev–Trinajstić information content (AvgIpc) is 2.95. The number of carbonyl (C=O) groups excluding carboxylic acids is 2. The topological polar surface area (TPSA) is 124 Å². The Morgan fingerprint density at radius 1 is 1.42 bits per heavy atom. The molecule has 0 aliphatic carbocycles. The molecule has 1 aliphatic rings. The van der Waals surface area contributed by atoms with Crippen molar-refractivity contribution in [2.75, 3.05) is 18.1 Å². The molecule has 1 aliphatic heterocycles. The van der Waals surface area contributed by atoms with Crippen LogP contribution < -0.4 is 0 Å². The molecule has 1 aromatic rings. The molecule has 0 aromatic heterocycles. The van der Waals surface area contributed by atoms with Gasteiger partial charge in [-0.3, -0.25) is 14.9 Å². The van der Waals surface area contributed by atoms with Gasteiger partial charge in [0.2, 0.25) is 0 Å². The normalized spacial score (nSPS) is 19.5. The lowest BCUT2D eigenvalue weighted by Crippen LogP contribution is -2.46. The van der Waals surface area contributed by atoms with Gasteiger partial charge >= 0.3 is 5.97 Å². The number of nitro benzene ring substituents is 1. The molecule has 0 N–H and O–H groups in total. The van der Waals surface area contributed by atoms with Gasteiger partial charge in [-0.1, -0.05) is 6.07 Å². The molecule has 0 bridgehead atoms. The Kier molecular flexibility index (Phi) is 5.96. The number of benzene rings is 1. The van der Waals surface area contributed by atoms with Crippen molar-refractivity contribution >= 4 is 27.4 Å². The van der Waals surface area contributed by atoms with E-state index in [1.54, 1.807) is 6.92 Å². The lowest BCUT2D eigenvalue weighted by atomic mass is 10.2. The summed E-state index contributed by atoms with van der Waals surface area (Å²) in [6.07, 6.45) is -0.780. The summed E-state index contributed by atoms with van der Waals surface area (Å²) in [5, 5.41) is 10.8. The molecule has 142 valence electrons. The van der Waals surface area contributed by atoms with Crippen molar-refractivity contribution in [1.29, 1.82) is 0 Å². The smallest absolute Gasteiger partial charge is 0.339 e. The van der Waals surface area contributed by atoms with E-state index < -0.39 is 38.8 Å². The Labute approximate surface area is 151 Å². The van der Waals surface area contributed by atoms with Gasteiger partial charge in [-0.15, -0.1) is 0 Å². The van der Waals surface area contributed by atoms with Crippen LogP contribution in [0.15, 0.2) is 24.3 Å². The Morgan fingerprint density at radius 2 is 2.12 bits per heavy atom.